The molecule has 0 aliphatic carbocycles. The largest absolute Gasteiger partial charge is 0.250 e. The number of hydrogen-bond acceptors (Lipinski definition) is 2. The van der Waals surface area contributed by atoms with Crippen LogP contribution in [0.15, 0.2) is 12.0 Å². The molecule has 0 amide bonds. The zero-order chi connectivity index (χ0) is 8.95. The summed E-state index contributed by atoms with van der Waals surface area (Å²) in [5, 5.41) is 1.85. The topological polar surface area (TPSA) is 0 Å². The van der Waals surface area contributed by atoms with Gasteiger partial charge in [0.05, 0.1) is 6.67 Å². The number of alkyl halides is 1. The molecule has 0 N–H and O–H groups in total. The van der Waals surface area contributed by atoms with E-state index in [1.165, 1.54) is 0 Å². The molecule has 0 nitrogen and oxygen atoms in total. The second-order valence-corrected chi connectivity index (χ2v) is 4.15. The van der Waals surface area contributed by atoms with Gasteiger partial charge in [0.15, 0.2) is 0 Å². The lowest BCUT2D eigenvalue weighted by Gasteiger charge is -1.84. The summed E-state index contributed by atoms with van der Waals surface area (Å²) in [5.41, 5.74) is 0. The van der Waals surface area contributed by atoms with Crippen molar-refractivity contribution in [2.24, 2.45) is 0 Å². The Hall–Kier alpha value is 0.370. The van der Waals surface area contributed by atoms with E-state index in [1.807, 2.05) is 12.3 Å². The maximum atomic E-state index is 11.2. The van der Waals surface area contributed by atoms with Crippen LogP contribution >= 0.6 is 23.5 Å². The molecule has 68 valence electrons. The highest BCUT2D eigenvalue weighted by Gasteiger charge is 1.77. The molecular formula is C8H17FS2. The molecule has 0 atom stereocenters. The van der Waals surface area contributed by atoms with Crippen molar-refractivity contribution >= 4 is 23.5 Å². The molecule has 0 unspecified atom stereocenters. The van der Waals surface area contributed by atoms with Gasteiger partial charge in [-0.25, -0.2) is 0 Å². The van der Waals surface area contributed by atoms with E-state index >= 15 is 0 Å². The van der Waals surface area contributed by atoms with E-state index in [4.69, 9.17) is 0 Å². The van der Waals surface area contributed by atoms with Crippen molar-refractivity contribution in [2.75, 3.05) is 23.9 Å². The SMILES string of the molecule is C=CSCC.CCSCCF. The Morgan fingerprint density at radius 2 is 2.00 bits per heavy atom. The standard InChI is InChI=1S/C4H9FS.C4H8S/c1-2-6-4-3-5;1-3-5-4-2/h2-4H2,1H3;3H,1,4H2,2H3. The Morgan fingerprint density at radius 1 is 1.36 bits per heavy atom. The molecule has 0 aliphatic rings. The molecule has 0 heterocycles. The first-order chi connectivity index (χ1) is 5.33. The quantitative estimate of drug-likeness (QED) is 0.616. The zero-order valence-corrected chi connectivity index (χ0v) is 8.94. The lowest BCUT2D eigenvalue weighted by atomic mass is 10.9. The lowest BCUT2D eigenvalue weighted by Crippen LogP contribution is -1.78. The third-order valence-corrected chi connectivity index (χ3v) is 2.13. The monoisotopic (exact) mass is 196 g/mol. The molecule has 0 saturated carbocycles. The maximum absolute atomic E-state index is 11.2. The predicted molar refractivity (Wildman–Crippen MR) is 57.3 cm³/mol. The third kappa shape index (κ3) is 25.2. The Bertz CT molecular complexity index is 63.1. The van der Waals surface area contributed by atoms with E-state index in [9.17, 15) is 4.39 Å². The summed E-state index contributed by atoms with van der Waals surface area (Å²) >= 11 is 3.36. The Labute approximate surface area is 78.0 Å². The van der Waals surface area contributed by atoms with Gasteiger partial charge in [0.2, 0.25) is 0 Å². The summed E-state index contributed by atoms with van der Waals surface area (Å²) in [5.74, 6) is 2.84. The number of thioether (sulfide) groups is 2. The summed E-state index contributed by atoms with van der Waals surface area (Å²) in [7, 11) is 0. The second-order valence-electron chi connectivity index (χ2n) is 1.51. The van der Waals surface area contributed by atoms with Crippen molar-refractivity contribution in [1.29, 1.82) is 0 Å². The van der Waals surface area contributed by atoms with E-state index in [-0.39, 0.29) is 6.67 Å². The lowest BCUT2D eigenvalue weighted by molar-refractivity contribution is 0.533. The van der Waals surface area contributed by atoms with Crippen LogP contribution in [0.5, 0.6) is 0 Å². The summed E-state index contributed by atoms with van der Waals surface area (Å²) in [6.45, 7) is 7.46. The molecule has 0 rings (SSSR count). The van der Waals surface area contributed by atoms with Crippen molar-refractivity contribution in [1.82, 2.24) is 0 Å². The average molecular weight is 196 g/mol. The molecule has 0 aromatic rings. The highest BCUT2D eigenvalue weighted by molar-refractivity contribution is 8.02. The van der Waals surface area contributed by atoms with Gasteiger partial charge in [-0.05, 0) is 16.9 Å². The molecule has 0 fully saturated rings. The highest BCUT2D eigenvalue weighted by Crippen LogP contribution is 1.95. The second kappa shape index (κ2) is 16.8. The van der Waals surface area contributed by atoms with Gasteiger partial charge in [-0.2, -0.15) is 11.8 Å². The van der Waals surface area contributed by atoms with Crippen LogP contribution in [-0.4, -0.2) is 23.9 Å². The van der Waals surface area contributed by atoms with Gasteiger partial charge in [0.25, 0.3) is 0 Å². The van der Waals surface area contributed by atoms with Crippen LogP contribution in [0.1, 0.15) is 13.8 Å². The molecule has 0 radical (unpaired) electrons. The fraction of sp³-hybridized carbons (Fsp3) is 0.750. The van der Waals surface area contributed by atoms with Crippen LogP contribution < -0.4 is 0 Å². The van der Waals surface area contributed by atoms with Crippen LogP contribution in [0, 0.1) is 0 Å². The zero-order valence-electron chi connectivity index (χ0n) is 7.31. The van der Waals surface area contributed by atoms with Gasteiger partial charge in [-0.3, -0.25) is 4.39 Å². The average Bonchev–Trinajstić information content (AvgIpc) is 2.04. The summed E-state index contributed by atoms with van der Waals surface area (Å²) < 4.78 is 11.2. The van der Waals surface area contributed by atoms with Crippen molar-refractivity contribution < 1.29 is 4.39 Å². The molecule has 0 aliphatic heterocycles. The van der Waals surface area contributed by atoms with Gasteiger partial charge in [-0.15, -0.1) is 11.8 Å². The Morgan fingerprint density at radius 3 is 2.09 bits per heavy atom. The van der Waals surface area contributed by atoms with Gasteiger partial charge < -0.3 is 0 Å². The van der Waals surface area contributed by atoms with E-state index in [1.54, 1.807) is 23.5 Å². The predicted octanol–water partition coefficient (Wildman–Crippen LogP) is 3.59. The third-order valence-electron chi connectivity index (χ3n) is 0.710. The summed E-state index contributed by atoms with van der Waals surface area (Å²) in [6.07, 6.45) is 0. The first kappa shape index (κ1) is 13.9. The molecule has 3 heteroatoms. The summed E-state index contributed by atoms with van der Waals surface area (Å²) in [4.78, 5) is 0. The molecular weight excluding hydrogens is 179 g/mol. The van der Waals surface area contributed by atoms with Crippen molar-refractivity contribution in [3.63, 3.8) is 0 Å². The minimum Gasteiger partial charge on any atom is -0.250 e. The fourth-order valence-corrected chi connectivity index (χ4v) is 0.950. The molecule has 0 spiro atoms. The van der Waals surface area contributed by atoms with Gasteiger partial charge in [0, 0.05) is 5.75 Å². The van der Waals surface area contributed by atoms with Crippen LogP contribution in [0.25, 0.3) is 0 Å². The van der Waals surface area contributed by atoms with E-state index in [0.29, 0.717) is 5.75 Å². The van der Waals surface area contributed by atoms with Crippen LogP contribution in [0.4, 0.5) is 4.39 Å². The van der Waals surface area contributed by atoms with Gasteiger partial charge in [-0.1, -0.05) is 20.4 Å². The van der Waals surface area contributed by atoms with Gasteiger partial charge >= 0.3 is 0 Å². The number of hydrogen-bond donors (Lipinski definition) is 0. The Kier molecular flexibility index (Phi) is 21.2. The minimum atomic E-state index is -0.182. The van der Waals surface area contributed by atoms with Crippen LogP contribution in [0.2, 0.25) is 0 Å². The minimum absolute atomic E-state index is 0.182. The van der Waals surface area contributed by atoms with Crippen LogP contribution in [0.3, 0.4) is 0 Å². The van der Waals surface area contributed by atoms with E-state index in [2.05, 4.69) is 13.5 Å². The van der Waals surface area contributed by atoms with E-state index < -0.39 is 0 Å². The normalized spacial score (nSPS) is 8.27. The summed E-state index contributed by atoms with van der Waals surface area (Å²) in [6, 6.07) is 0. The molecule has 0 saturated heterocycles. The number of rotatable bonds is 5. The first-order valence-corrected chi connectivity index (χ1v) is 5.89. The van der Waals surface area contributed by atoms with Gasteiger partial charge in [0.1, 0.15) is 0 Å². The highest BCUT2D eigenvalue weighted by atomic mass is 32.2. The van der Waals surface area contributed by atoms with Crippen LogP contribution in [-0.2, 0) is 0 Å². The van der Waals surface area contributed by atoms with Crippen molar-refractivity contribution in [3.05, 3.63) is 12.0 Å². The van der Waals surface area contributed by atoms with Crippen molar-refractivity contribution in [2.45, 2.75) is 13.8 Å². The van der Waals surface area contributed by atoms with Crippen molar-refractivity contribution in [3.8, 4) is 0 Å². The first-order valence-electron chi connectivity index (χ1n) is 3.69. The smallest absolute Gasteiger partial charge is 0.0984 e. The number of halogens is 1. The Balaban J connectivity index is 0. The fourth-order valence-electron chi connectivity index (χ4n) is 0.317. The molecule has 0 bridgehead atoms. The van der Waals surface area contributed by atoms with E-state index in [0.717, 1.165) is 11.5 Å². The molecule has 0 aromatic carbocycles. The maximum Gasteiger partial charge on any atom is 0.0984 e. The molecule has 11 heavy (non-hydrogen) atoms. The molecule has 0 aromatic heterocycles.